The average Bonchev–Trinajstić information content (AvgIpc) is 2.26. The molecule has 0 saturated carbocycles. The zero-order valence-corrected chi connectivity index (χ0v) is 8.52. The number of halogens is 1. The molecule has 86 valence electrons. The monoisotopic (exact) mass is 229 g/mol. The number of rotatable bonds is 3. The third kappa shape index (κ3) is 2.08. The van der Waals surface area contributed by atoms with E-state index in [1.54, 1.807) is 0 Å². The van der Waals surface area contributed by atoms with Gasteiger partial charge in [-0.1, -0.05) is 0 Å². The molecule has 16 heavy (non-hydrogen) atoms. The Morgan fingerprint density at radius 3 is 2.50 bits per heavy atom. The van der Waals surface area contributed by atoms with E-state index in [0.29, 0.717) is 0 Å². The number of nitro benzene ring substituents is 1. The fourth-order valence-electron chi connectivity index (χ4n) is 1.15. The van der Waals surface area contributed by atoms with Crippen LogP contribution in [0.25, 0.3) is 0 Å². The molecule has 7 heteroatoms. The Bertz CT molecular complexity index is 446. The smallest absolute Gasteiger partial charge is 0.338 e. The van der Waals surface area contributed by atoms with E-state index in [9.17, 15) is 19.3 Å². The fraction of sp³-hybridized carbons (Fsp3) is 0.222. The Kier molecular flexibility index (Phi) is 3.39. The van der Waals surface area contributed by atoms with Gasteiger partial charge in [0.05, 0.1) is 24.7 Å². The minimum absolute atomic E-state index is 0.243. The van der Waals surface area contributed by atoms with Gasteiger partial charge in [0.2, 0.25) is 5.75 Å². The van der Waals surface area contributed by atoms with Crippen LogP contribution in [0.5, 0.6) is 5.75 Å². The van der Waals surface area contributed by atoms with Crippen LogP contribution in [0.2, 0.25) is 0 Å². The van der Waals surface area contributed by atoms with E-state index in [1.807, 2.05) is 0 Å². The second-order valence-electron chi connectivity index (χ2n) is 2.76. The SMILES string of the molecule is COC(=O)c1cc(F)c(OC)c([N+](=O)[O-])c1. The summed E-state index contributed by atoms with van der Waals surface area (Å²) in [7, 11) is 2.19. The van der Waals surface area contributed by atoms with E-state index in [-0.39, 0.29) is 5.56 Å². The Morgan fingerprint density at radius 2 is 2.06 bits per heavy atom. The van der Waals surface area contributed by atoms with Crippen molar-refractivity contribution in [3.8, 4) is 5.75 Å². The topological polar surface area (TPSA) is 78.7 Å². The Labute approximate surface area is 89.7 Å². The largest absolute Gasteiger partial charge is 0.488 e. The summed E-state index contributed by atoms with van der Waals surface area (Å²) in [6.45, 7) is 0. The van der Waals surface area contributed by atoms with E-state index in [2.05, 4.69) is 9.47 Å². The minimum atomic E-state index is -0.989. The molecule has 0 saturated heterocycles. The molecule has 0 fully saturated rings. The van der Waals surface area contributed by atoms with E-state index in [1.165, 1.54) is 0 Å². The van der Waals surface area contributed by atoms with Gasteiger partial charge in [0.1, 0.15) is 0 Å². The van der Waals surface area contributed by atoms with Crippen molar-refractivity contribution in [3.05, 3.63) is 33.6 Å². The van der Waals surface area contributed by atoms with Crippen molar-refractivity contribution < 1.29 is 23.6 Å². The molecule has 1 rings (SSSR count). The normalized spacial score (nSPS) is 9.69. The first-order valence-electron chi connectivity index (χ1n) is 4.11. The summed E-state index contributed by atoms with van der Waals surface area (Å²) in [6, 6.07) is 1.71. The second-order valence-corrected chi connectivity index (χ2v) is 2.76. The Hall–Kier alpha value is -2.18. The number of ether oxygens (including phenoxy) is 2. The molecule has 0 N–H and O–H groups in total. The number of nitrogens with zero attached hydrogens (tertiary/aromatic N) is 1. The first kappa shape index (κ1) is 11.9. The maximum Gasteiger partial charge on any atom is 0.338 e. The molecule has 0 heterocycles. The maximum atomic E-state index is 13.3. The summed E-state index contributed by atoms with van der Waals surface area (Å²) in [6.07, 6.45) is 0. The van der Waals surface area contributed by atoms with Gasteiger partial charge in [-0.2, -0.15) is 0 Å². The van der Waals surface area contributed by atoms with Crippen molar-refractivity contribution in [2.45, 2.75) is 0 Å². The van der Waals surface area contributed by atoms with E-state index in [4.69, 9.17) is 0 Å². The summed E-state index contributed by atoms with van der Waals surface area (Å²) in [5.74, 6) is -2.36. The highest BCUT2D eigenvalue weighted by Gasteiger charge is 2.23. The molecule has 0 radical (unpaired) electrons. The molecule has 0 unspecified atom stereocenters. The van der Waals surface area contributed by atoms with Crippen LogP contribution in [-0.4, -0.2) is 25.1 Å². The summed E-state index contributed by atoms with van der Waals surface area (Å²) >= 11 is 0. The van der Waals surface area contributed by atoms with Gasteiger partial charge in [-0.25, -0.2) is 9.18 Å². The minimum Gasteiger partial charge on any atom is -0.488 e. The third-order valence-electron chi connectivity index (χ3n) is 1.85. The van der Waals surface area contributed by atoms with Crippen molar-refractivity contribution in [3.63, 3.8) is 0 Å². The van der Waals surface area contributed by atoms with Crippen LogP contribution in [0, 0.1) is 15.9 Å². The van der Waals surface area contributed by atoms with Crippen molar-refractivity contribution in [2.24, 2.45) is 0 Å². The highest BCUT2D eigenvalue weighted by atomic mass is 19.1. The van der Waals surface area contributed by atoms with Crippen LogP contribution in [0.1, 0.15) is 10.4 Å². The third-order valence-corrected chi connectivity index (χ3v) is 1.85. The highest BCUT2D eigenvalue weighted by Crippen LogP contribution is 2.31. The number of hydrogen-bond donors (Lipinski definition) is 0. The Morgan fingerprint density at radius 1 is 1.44 bits per heavy atom. The quantitative estimate of drug-likeness (QED) is 0.446. The summed E-state index contributed by atoms with van der Waals surface area (Å²) in [5, 5.41) is 10.6. The predicted molar refractivity (Wildman–Crippen MR) is 50.9 cm³/mol. The molecule has 0 amide bonds. The summed E-state index contributed by atoms with van der Waals surface area (Å²) in [4.78, 5) is 20.9. The van der Waals surface area contributed by atoms with E-state index < -0.39 is 28.1 Å². The molecule has 0 aliphatic heterocycles. The molecule has 0 aromatic heterocycles. The number of methoxy groups -OCH3 is 2. The number of hydrogen-bond acceptors (Lipinski definition) is 5. The number of carbonyl (C=O) groups excluding carboxylic acids is 1. The number of esters is 1. The number of nitro groups is 1. The van der Waals surface area contributed by atoms with E-state index in [0.717, 1.165) is 26.4 Å². The second kappa shape index (κ2) is 4.56. The van der Waals surface area contributed by atoms with Crippen LogP contribution in [0.3, 0.4) is 0 Å². The van der Waals surface area contributed by atoms with Gasteiger partial charge in [0, 0.05) is 6.07 Å². The molecule has 1 aromatic rings. The van der Waals surface area contributed by atoms with Crippen LogP contribution in [-0.2, 0) is 4.74 Å². The lowest BCUT2D eigenvalue weighted by Crippen LogP contribution is -2.05. The zero-order valence-electron chi connectivity index (χ0n) is 8.52. The molecule has 1 aromatic carbocycles. The number of carbonyl (C=O) groups is 1. The lowest BCUT2D eigenvalue weighted by Gasteiger charge is -2.05. The first-order valence-corrected chi connectivity index (χ1v) is 4.11. The van der Waals surface area contributed by atoms with Crippen molar-refractivity contribution >= 4 is 11.7 Å². The van der Waals surface area contributed by atoms with Gasteiger partial charge in [0.15, 0.2) is 5.82 Å². The lowest BCUT2D eigenvalue weighted by atomic mass is 10.2. The molecular formula is C9H8FNO5. The zero-order chi connectivity index (χ0) is 12.3. The Balaban J connectivity index is 3.39. The molecule has 0 aliphatic rings. The van der Waals surface area contributed by atoms with Gasteiger partial charge < -0.3 is 9.47 Å². The maximum absolute atomic E-state index is 13.3. The van der Waals surface area contributed by atoms with Crippen LogP contribution >= 0.6 is 0 Å². The summed E-state index contributed by atoms with van der Waals surface area (Å²) < 4.78 is 22.2. The molecule has 6 nitrogen and oxygen atoms in total. The van der Waals surface area contributed by atoms with Crippen molar-refractivity contribution in [1.82, 2.24) is 0 Å². The first-order chi connectivity index (χ1) is 7.51. The predicted octanol–water partition coefficient (Wildman–Crippen LogP) is 1.53. The summed E-state index contributed by atoms with van der Waals surface area (Å²) in [5.41, 5.74) is -0.865. The molecular weight excluding hydrogens is 221 g/mol. The van der Waals surface area contributed by atoms with Crippen LogP contribution in [0.15, 0.2) is 12.1 Å². The van der Waals surface area contributed by atoms with E-state index >= 15 is 0 Å². The van der Waals surface area contributed by atoms with Gasteiger partial charge in [-0.3, -0.25) is 10.1 Å². The number of benzene rings is 1. The van der Waals surface area contributed by atoms with Gasteiger partial charge in [0.25, 0.3) is 0 Å². The van der Waals surface area contributed by atoms with Gasteiger partial charge in [-0.15, -0.1) is 0 Å². The van der Waals surface area contributed by atoms with Crippen molar-refractivity contribution in [2.75, 3.05) is 14.2 Å². The van der Waals surface area contributed by atoms with Gasteiger partial charge >= 0.3 is 11.7 Å². The fourth-order valence-corrected chi connectivity index (χ4v) is 1.15. The molecule has 0 spiro atoms. The lowest BCUT2D eigenvalue weighted by molar-refractivity contribution is -0.386. The van der Waals surface area contributed by atoms with Crippen LogP contribution < -0.4 is 4.74 Å². The average molecular weight is 229 g/mol. The highest BCUT2D eigenvalue weighted by molar-refractivity contribution is 5.90. The molecule has 0 bridgehead atoms. The van der Waals surface area contributed by atoms with Crippen LogP contribution in [0.4, 0.5) is 10.1 Å². The van der Waals surface area contributed by atoms with Crippen molar-refractivity contribution in [1.29, 1.82) is 0 Å². The molecule has 0 aliphatic carbocycles. The standard InChI is InChI=1S/C9H8FNO5/c1-15-8-6(10)3-5(9(12)16-2)4-7(8)11(13)14/h3-4H,1-2H3. The van der Waals surface area contributed by atoms with Gasteiger partial charge in [-0.05, 0) is 6.07 Å². The molecule has 0 atom stereocenters.